The molecule has 0 aromatic heterocycles. The van der Waals surface area contributed by atoms with Gasteiger partial charge in [-0.2, -0.15) is 5.26 Å². The Kier molecular flexibility index (Phi) is 1.78. The van der Waals surface area contributed by atoms with Gasteiger partial charge in [0.15, 0.2) is 0 Å². The lowest BCUT2D eigenvalue weighted by Gasteiger charge is -2.55. The number of carbonyl (C=O) groups excluding carboxylic acids is 1. The minimum absolute atomic E-state index is 0.0413. The molecule has 17 heavy (non-hydrogen) atoms. The average Bonchev–Trinajstić information content (AvgIpc) is 3.05. The average molecular weight is 230 g/mol. The number of amides is 1. The molecule has 0 N–H and O–H groups in total. The Bertz CT molecular complexity index is 387. The Morgan fingerprint density at radius 1 is 1.12 bits per heavy atom. The fraction of sp³-hybridized carbons (Fsp3) is 0.857. The molecular formula is C14H18N2O. The largest absolute Gasteiger partial charge is 0.321 e. The van der Waals surface area contributed by atoms with Crippen LogP contribution in [0.4, 0.5) is 0 Å². The van der Waals surface area contributed by atoms with Gasteiger partial charge in [-0.15, -0.1) is 0 Å². The molecule has 4 saturated carbocycles. The van der Waals surface area contributed by atoms with Crippen molar-refractivity contribution in [2.45, 2.75) is 44.6 Å². The highest BCUT2D eigenvalue weighted by molar-refractivity contribution is 5.86. The standard InChI is InChI=1S/C14H18N2O/c15-7-12-8-16(12)13(17)14-4-9-1-10(5-14)3-11(2-9)6-14/h9-12H,1-6,8H2. The molecule has 4 bridgehead atoms. The molecule has 1 aliphatic heterocycles. The Balaban J connectivity index is 1.61. The molecule has 90 valence electrons. The van der Waals surface area contributed by atoms with Gasteiger partial charge in [-0.05, 0) is 56.3 Å². The Labute approximate surface area is 102 Å². The molecule has 3 heteroatoms. The van der Waals surface area contributed by atoms with Crippen LogP contribution in [0.1, 0.15) is 38.5 Å². The van der Waals surface area contributed by atoms with Crippen molar-refractivity contribution in [2.24, 2.45) is 23.2 Å². The molecule has 5 rings (SSSR count). The smallest absolute Gasteiger partial charge is 0.230 e. The summed E-state index contributed by atoms with van der Waals surface area (Å²) in [5, 5.41) is 8.86. The summed E-state index contributed by atoms with van der Waals surface area (Å²) in [5.41, 5.74) is -0.0413. The van der Waals surface area contributed by atoms with Crippen LogP contribution in [-0.2, 0) is 4.79 Å². The number of hydrogen-bond donors (Lipinski definition) is 0. The minimum Gasteiger partial charge on any atom is -0.321 e. The van der Waals surface area contributed by atoms with Crippen molar-refractivity contribution < 1.29 is 4.79 Å². The molecule has 1 amide bonds. The Hall–Kier alpha value is -1.04. The van der Waals surface area contributed by atoms with Crippen molar-refractivity contribution >= 4 is 5.91 Å². The fourth-order valence-electron chi connectivity index (χ4n) is 5.15. The van der Waals surface area contributed by atoms with E-state index in [1.54, 1.807) is 0 Å². The third-order valence-corrected chi connectivity index (χ3v) is 5.51. The molecule has 3 nitrogen and oxygen atoms in total. The summed E-state index contributed by atoms with van der Waals surface area (Å²) in [6.45, 7) is 0.692. The molecule has 1 heterocycles. The van der Waals surface area contributed by atoms with Crippen LogP contribution in [0.5, 0.6) is 0 Å². The van der Waals surface area contributed by atoms with Crippen LogP contribution < -0.4 is 0 Å². The highest BCUT2D eigenvalue weighted by Crippen LogP contribution is 2.61. The van der Waals surface area contributed by atoms with E-state index >= 15 is 0 Å². The molecule has 0 spiro atoms. The van der Waals surface area contributed by atoms with Crippen molar-refractivity contribution in [3.63, 3.8) is 0 Å². The van der Waals surface area contributed by atoms with Crippen LogP contribution in [-0.4, -0.2) is 23.4 Å². The summed E-state index contributed by atoms with van der Waals surface area (Å²) in [5.74, 6) is 2.75. The van der Waals surface area contributed by atoms with E-state index in [4.69, 9.17) is 5.26 Å². The third-order valence-electron chi connectivity index (χ3n) is 5.51. The van der Waals surface area contributed by atoms with E-state index in [0.717, 1.165) is 37.0 Å². The van der Waals surface area contributed by atoms with E-state index in [1.165, 1.54) is 19.3 Å². The highest BCUT2D eigenvalue weighted by Gasteiger charge is 2.58. The van der Waals surface area contributed by atoms with Crippen LogP contribution in [0.25, 0.3) is 0 Å². The number of carbonyl (C=O) groups is 1. The summed E-state index contributed by atoms with van der Waals surface area (Å²) in [6, 6.07) is 2.11. The van der Waals surface area contributed by atoms with E-state index in [1.807, 2.05) is 4.90 Å². The SMILES string of the molecule is N#CC1CN1C(=O)C12CC3CC(CC(C3)C1)C2. The van der Waals surface area contributed by atoms with Crippen molar-refractivity contribution in [3.8, 4) is 6.07 Å². The zero-order valence-corrected chi connectivity index (χ0v) is 10.1. The van der Waals surface area contributed by atoms with Crippen LogP contribution in [0.3, 0.4) is 0 Å². The molecule has 0 radical (unpaired) electrons. The number of nitrogens with zero attached hydrogens (tertiary/aromatic N) is 2. The first kappa shape index (κ1) is 9.94. The molecule has 5 aliphatic rings. The zero-order chi connectivity index (χ0) is 11.6. The summed E-state index contributed by atoms with van der Waals surface area (Å²) < 4.78 is 0. The monoisotopic (exact) mass is 230 g/mol. The molecule has 0 aromatic carbocycles. The molecule has 5 fully saturated rings. The van der Waals surface area contributed by atoms with Gasteiger partial charge in [0, 0.05) is 0 Å². The summed E-state index contributed by atoms with van der Waals surface area (Å²) in [6.07, 6.45) is 7.46. The van der Waals surface area contributed by atoms with E-state index < -0.39 is 0 Å². The van der Waals surface area contributed by atoms with Gasteiger partial charge in [-0.25, -0.2) is 0 Å². The molecule has 0 aromatic rings. The van der Waals surface area contributed by atoms with Crippen LogP contribution in [0, 0.1) is 34.5 Å². The van der Waals surface area contributed by atoms with Crippen molar-refractivity contribution in [1.82, 2.24) is 4.90 Å². The Morgan fingerprint density at radius 3 is 2.06 bits per heavy atom. The second kappa shape index (κ2) is 3.04. The predicted octanol–water partition coefficient (Wildman–Crippen LogP) is 1.94. The minimum atomic E-state index is -0.101. The first-order chi connectivity index (χ1) is 8.20. The summed E-state index contributed by atoms with van der Waals surface area (Å²) in [4.78, 5) is 14.4. The summed E-state index contributed by atoms with van der Waals surface area (Å²) in [7, 11) is 0. The molecule has 1 unspecified atom stereocenters. The van der Waals surface area contributed by atoms with Crippen LogP contribution in [0.2, 0.25) is 0 Å². The quantitative estimate of drug-likeness (QED) is 0.646. The first-order valence-electron chi connectivity index (χ1n) is 6.91. The van der Waals surface area contributed by atoms with Gasteiger partial charge >= 0.3 is 0 Å². The molecule has 4 aliphatic carbocycles. The van der Waals surface area contributed by atoms with E-state index in [2.05, 4.69) is 6.07 Å². The van der Waals surface area contributed by atoms with E-state index in [0.29, 0.717) is 12.5 Å². The second-order valence-electron chi connectivity index (χ2n) is 6.80. The van der Waals surface area contributed by atoms with Crippen molar-refractivity contribution in [3.05, 3.63) is 0 Å². The maximum absolute atomic E-state index is 12.6. The topological polar surface area (TPSA) is 43.9 Å². The van der Waals surface area contributed by atoms with Crippen molar-refractivity contribution in [2.75, 3.05) is 6.54 Å². The van der Waals surface area contributed by atoms with Crippen LogP contribution in [0.15, 0.2) is 0 Å². The zero-order valence-electron chi connectivity index (χ0n) is 10.1. The lowest BCUT2D eigenvalue weighted by molar-refractivity contribution is -0.151. The normalized spacial score (nSPS) is 50.2. The van der Waals surface area contributed by atoms with Gasteiger partial charge in [0.25, 0.3) is 0 Å². The lowest BCUT2D eigenvalue weighted by Crippen LogP contribution is -2.52. The van der Waals surface area contributed by atoms with Crippen molar-refractivity contribution in [1.29, 1.82) is 5.26 Å². The van der Waals surface area contributed by atoms with Gasteiger partial charge < -0.3 is 4.90 Å². The second-order valence-corrected chi connectivity index (χ2v) is 6.80. The van der Waals surface area contributed by atoms with E-state index in [9.17, 15) is 4.79 Å². The summed E-state index contributed by atoms with van der Waals surface area (Å²) >= 11 is 0. The Morgan fingerprint density at radius 2 is 1.65 bits per heavy atom. The van der Waals surface area contributed by atoms with Gasteiger partial charge in [0.05, 0.1) is 18.0 Å². The van der Waals surface area contributed by atoms with Gasteiger partial charge in [-0.3, -0.25) is 4.79 Å². The maximum Gasteiger partial charge on any atom is 0.230 e. The highest BCUT2D eigenvalue weighted by atomic mass is 16.2. The fourth-order valence-corrected chi connectivity index (χ4v) is 5.15. The molecule has 1 saturated heterocycles. The lowest BCUT2D eigenvalue weighted by atomic mass is 9.49. The maximum atomic E-state index is 12.6. The van der Waals surface area contributed by atoms with Crippen LogP contribution >= 0.6 is 0 Å². The first-order valence-corrected chi connectivity index (χ1v) is 6.91. The van der Waals surface area contributed by atoms with Gasteiger partial charge in [0.2, 0.25) is 5.91 Å². The van der Waals surface area contributed by atoms with Gasteiger partial charge in [0.1, 0.15) is 6.04 Å². The van der Waals surface area contributed by atoms with E-state index in [-0.39, 0.29) is 11.5 Å². The van der Waals surface area contributed by atoms with Gasteiger partial charge in [-0.1, -0.05) is 0 Å². The molecular weight excluding hydrogens is 212 g/mol. The molecule has 1 atom stereocenters. The number of nitriles is 1. The third kappa shape index (κ3) is 1.30. The number of rotatable bonds is 1. The number of hydrogen-bond acceptors (Lipinski definition) is 2. The predicted molar refractivity (Wildman–Crippen MR) is 61.7 cm³/mol.